The maximum absolute atomic E-state index is 15.0. The van der Waals surface area contributed by atoms with Crippen molar-refractivity contribution in [3.8, 4) is 0 Å². The Morgan fingerprint density at radius 3 is 1.96 bits per heavy atom. The van der Waals surface area contributed by atoms with Crippen molar-refractivity contribution in [2.24, 2.45) is 0 Å². The molecule has 1 aliphatic heterocycles. The SMILES string of the molecule is O=S(=O)(c1ccccc1)C(c1ccccc1)C(F)(F)C1OCCO1. The number of sulfone groups is 1. The van der Waals surface area contributed by atoms with Crippen LogP contribution in [-0.4, -0.2) is 33.8 Å². The zero-order valence-corrected chi connectivity index (χ0v) is 13.5. The van der Waals surface area contributed by atoms with E-state index in [1.165, 1.54) is 48.5 Å². The first-order valence-corrected chi connectivity index (χ1v) is 8.93. The second-order valence-electron chi connectivity index (χ2n) is 5.40. The van der Waals surface area contributed by atoms with Crippen LogP contribution in [0.2, 0.25) is 0 Å². The van der Waals surface area contributed by atoms with Gasteiger partial charge in [0.15, 0.2) is 15.1 Å². The van der Waals surface area contributed by atoms with Crippen LogP contribution in [-0.2, 0) is 19.3 Å². The molecule has 1 saturated heterocycles. The van der Waals surface area contributed by atoms with Crippen LogP contribution < -0.4 is 0 Å². The molecule has 2 aromatic carbocycles. The Labute approximate surface area is 138 Å². The average Bonchev–Trinajstić information content (AvgIpc) is 3.12. The molecular weight excluding hydrogens is 338 g/mol. The molecule has 24 heavy (non-hydrogen) atoms. The van der Waals surface area contributed by atoms with Crippen molar-refractivity contribution in [2.45, 2.75) is 22.4 Å². The minimum atomic E-state index is -4.36. The Morgan fingerprint density at radius 1 is 0.917 bits per heavy atom. The maximum atomic E-state index is 15.0. The van der Waals surface area contributed by atoms with E-state index in [-0.39, 0.29) is 23.7 Å². The van der Waals surface area contributed by atoms with Gasteiger partial charge in [0.2, 0.25) is 6.29 Å². The van der Waals surface area contributed by atoms with Gasteiger partial charge < -0.3 is 9.47 Å². The zero-order valence-electron chi connectivity index (χ0n) is 12.6. The lowest BCUT2D eigenvalue weighted by Gasteiger charge is -2.30. The molecular formula is C17H16F2O4S. The first-order valence-electron chi connectivity index (χ1n) is 7.39. The number of benzene rings is 2. The molecule has 1 atom stereocenters. The van der Waals surface area contributed by atoms with Gasteiger partial charge in [-0.05, 0) is 17.7 Å². The van der Waals surface area contributed by atoms with Gasteiger partial charge in [0.05, 0.1) is 18.1 Å². The highest BCUT2D eigenvalue weighted by atomic mass is 32.2. The molecule has 0 amide bonds. The van der Waals surface area contributed by atoms with Crippen LogP contribution in [0.25, 0.3) is 0 Å². The molecule has 3 rings (SSSR count). The molecule has 2 aromatic rings. The fraction of sp³-hybridized carbons (Fsp3) is 0.294. The van der Waals surface area contributed by atoms with Gasteiger partial charge in [-0.1, -0.05) is 48.5 Å². The summed E-state index contributed by atoms with van der Waals surface area (Å²) >= 11 is 0. The van der Waals surface area contributed by atoms with Gasteiger partial charge in [0, 0.05) is 0 Å². The molecule has 0 saturated carbocycles. The summed E-state index contributed by atoms with van der Waals surface area (Å²) < 4.78 is 65.8. The molecule has 0 radical (unpaired) electrons. The first-order chi connectivity index (χ1) is 11.4. The van der Waals surface area contributed by atoms with Crippen LogP contribution in [0.5, 0.6) is 0 Å². The van der Waals surface area contributed by atoms with Crippen LogP contribution in [0, 0.1) is 0 Å². The van der Waals surface area contributed by atoms with Gasteiger partial charge in [0.25, 0.3) is 0 Å². The molecule has 0 aliphatic carbocycles. The molecule has 0 aromatic heterocycles. The van der Waals surface area contributed by atoms with Crippen LogP contribution >= 0.6 is 0 Å². The van der Waals surface area contributed by atoms with Gasteiger partial charge in [0.1, 0.15) is 0 Å². The van der Waals surface area contributed by atoms with Crippen molar-refractivity contribution < 1.29 is 26.7 Å². The highest BCUT2D eigenvalue weighted by Gasteiger charge is 2.57. The molecule has 0 bridgehead atoms. The lowest BCUT2D eigenvalue weighted by atomic mass is 10.1. The largest absolute Gasteiger partial charge is 0.345 e. The average molecular weight is 354 g/mol. The van der Waals surface area contributed by atoms with Gasteiger partial charge in [-0.15, -0.1) is 0 Å². The van der Waals surface area contributed by atoms with Gasteiger partial charge >= 0.3 is 5.92 Å². The van der Waals surface area contributed by atoms with Crippen molar-refractivity contribution >= 4 is 9.84 Å². The lowest BCUT2D eigenvalue weighted by Crippen LogP contribution is -2.43. The Balaban J connectivity index is 2.13. The van der Waals surface area contributed by atoms with Crippen molar-refractivity contribution in [2.75, 3.05) is 13.2 Å². The molecule has 1 heterocycles. The number of hydrogen-bond donors (Lipinski definition) is 0. The Bertz CT molecular complexity index is 773. The van der Waals surface area contributed by atoms with Crippen molar-refractivity contribution in [1.29, 1.82) is 0 Å². The summed E-state index contributed by atoms with van der Waals surface area (Å²) in [6, 6.07) is 14.6. The zero-order chi connectivity index (χ0) is 17.2. The van der Waals surface area contributed by atoms with Gasteiger partial charge in [-0.25, -0.2) is 8.42 Å². The smallest absolute Gasteiger partial charge is 0.318 e. The van der Waals surface area contributed by atoms with E-state index in [0.717, 1.165) is 0 Å². The summed E-state index contributed by atoms with van der Waals surface area (Å²) in [5, 5.41) is -2.10. The number of ether oxygens (including phenoxy) is 2. The number of rotatable bonds is 5. The standard InChI is InChI=1S/C17H16F2O4S/c18-17(19,16-22-11-12-23-16)15(13-7-3-1-4-8-13)24(20,21)14-9-5-2-6-10-14/h1-10,15-16H,11-12H2. The Hall–Kier alpha value is -1.83. The van der Waals surface area contributed by atoms with Crippen molar-refractivity contribution in [3.05, 3.63) is 66.2 Å². The molecule has 4 nitrogen and oxygen atoms in total. The molecule has 1 aliphatic rings. The number of hydrogen-bond acceptors (Lipinski definition) is 4. The van der Waals surface area contributed by atoms with E-state index >= 15 is 8.78 Å². The lowest BCUT2D eigenvalue weighted by molar-refractivity contribution is -0.206. The first kappa shape index (κ1) is 17.0. The molecule has 0 spiro atoms. The van der Waals surface area contributed by atoms with E-state index in [1.54, 1.807) is 12.1 Å². The Kier molecular flexibility index (Phi) is 4.67. The third-order valence-electron chi connectivity index (χ3n) is 3.77. The van der Waals surface area contributed by atoms with E-state index < -0.39 is 27.3 Å². The summed E-state index contributed by atoms with van der Waals surface area (Å²) in [4.78, 5) is -0.170. The molecule has 1 unspecified atom stereocenters. The van der Waals surface area contributed by atoms with Crippen LogP contribution in [0.3, 0.4) is 0 Å². The van der Waals surface area contributed by atoms with Crippen LogP contribution in [0.15, 0.2) is 65.6 Å². The number of alkyl halides is 2. The predicted molar refractivity (Wildman–Crippen MR) is 83.4 cm³/mol. The van der Waals surface area contributed by atoms with Crippen LogP contribution in [0.1, 0.15) is 10.8 Å². The van der Waals surface area contributed by atoms with Gasteiger partial charge in [-0.3, -0.25) is 0 Å². The number of halogens is 2. The monoisotopic (exact) mass is 354 g/mol. The molecule has 7 heteroatoms. The predicted octanol–water partition coefficient (Wildman–Crippen LogP) is 3.21. The fourth-order valence-corrected chi connectivity index (χ4v) is 4.54. The maximum Gasteiger partial charge on any atom is 0.318 e. The summed E-state index contributed by atoms with van der Waals surface area (Å²) in [5.41, 5.74) is -0.00884. The summed E-state index contributed by atoms with van der Waals surface area (Å²) in [7, 11) is -4.36. The topological polar surface area (TPSA) is 52.6 Å². The highest BCUT2D eigenvalue weighted by Crippen LogP contribution is 2.45. The Morgan fingerprint density at radius 2 is 1.42 bits per heavy atom. The third-order valence-corrected chi connectivity index (χ3v) is 5.91. The third kappa shape index (κ3) is 3.07. The summed E-state index contributed by atoms with van der Waals surface area (Å²) in [6.07, 6.45) is -1.89. The van der Waals surface area contributed by atoms with Gasteiger partial charge in [-0.2, -0.15) is 8.78 Å². The molecule has 1 fully saturated rings. The van der Waals surface area contributed by atoms with E-state index in [9.17, 15) is 8.42 Å². The fourth-order valence-electron chi connectivity index (χ4n) is 2.69. The molecule has 128 valence electrons. The highest BCUT2D eigenvalue weighted by molar-refractivity contribution is 7.91. The summed E-state index contributed by atoms with van der Waals surface area (Å²) in [5.74, 6) is -3.74. The van der Waals surface area contributed by atoms with Crippen molar-refractivity contribution in [3.63, 3.8) is 0 Å². The minimum Gasteiger partial charge on any atom is -0.345 e. The van der Waals surface area contributed by atoms with E-state index in [2.05, 4.69) is 0 Å². The van der Waals surface area contributed by atoms with E-state index in [4.69, 9.17) is 9.47 Å². The van der Waals surface area contributed by atoms with Crippen LogP contribution in [0.4, 0.5) is 8.78 Å². The second-order valence-corrected chi connectivity index (χ2v) is 7.43. The minimum absolute atomic E-state index is 0.00709. The van der Waals surface area contributed by atoms with E-state index in [1.807, 2.05) is 0 Å². The summed E-state index contributed by atoms with van der Waals surface area (Å²) in [6.45, 7) is 0.0142. The van der Waals surface area contributed by atoms with E-state index in [0.29, 0.717) is 0 Å². The quantitative estimate of drug-likeness (QED) is 0.827. The molecule has 0 N–H and O–H groups in total. The normalized spacial score (nSPS) is 17.8. The van der Waals surface area contributed by atoms with Crippen molar-refractivity contribution in [1.82, 2.24) is 0 Å². The second kappa shape index (κ2) is 6.58.